The van der Waals surface area contributed by atoms with E-state index in [1.165, 1.54) is 0 Å². The molecule has 0 saturated carbocycles. The number of carbonyl (C=O) groups excluding carboxylic acids is 1. The van der Waals surface area contributed by atoms with Gasteiger partial charge in [-0.3, -0.25) is 4.79 Å². The number of hydrogen-bond donors (Lipinski definition) is 0. The topological polar surface area (TPSA) is 26.3 Å². The average molecular weight is 309 g/mol. The van der Waals surface area contributed by atoms with Crippen LogP contribution in [0.15, 0.2) is 42.5 Å². The van der Waals surface area contributed by atoms with Gasteiger partial charge in [-0.25, -0.2) is 0 Å². The Morgan fingerprint density at radius 2 is 1.80 bits per heavy atom. The monoisotopic (exact) mass is 308 g/mol. The lowest BCUT2D eigenvalue weighted by molar-refractivity contribution is -0.134. The highest BCUT2D eigenvalue weighted by Gasteiger charge is 2.07. The fourth-order valence-corrected chi connectivity index (χ4v) is 2.00. The van der Waals surface area contributed by atoms with Crippen molar-refractivity contribution in [2.75, 3.05) is 0 Å². The summed E-state index contributed by atoms with van der Waals surface area (Å²) in [6.45, 7) is 1.87. The molecular formula is C16H14Cl2O2. The van der Waals surface area contributed by atoms with Gasteiger partial charge in [-0.2, -0.15) is 0 Å². The van der Waals surface area contributed by atoms with Crippen LogP contribution in [0.4, 0.5) is 0 Å². The smallest absolute Gasteiger partial charge is 0.311 e. The van der Waals surface area contributed by atoms with Gasteiger partial charge in [-0.05, 0) is 54.8 Å². The van der Waals surface area contributed by atoms with Crippen molar-refractivity contribution >= 4 is 29.2 Å². The summed E-state index contributed by atoms with van der Waals surface area (Å²) in [7, 11) is 0. The Balaban J connectivity index is 1.89. The van der Waals surface area contributed by atoms with Gasteiger partial charge in [0.25, 0.3) is 0 Å². The van der Waals surface area contributed by atoms with Crippen molar-refractivity contribution in [3.8, 4) is 5.75 Å². The third-order valence-electron chi connectivity index (χ3n) is 2.89. The van der Waals surface area contributed by atoms with E-state index in [1.54, 1.807) is 18.2 Å². The second-order valence-electron chi connectivity index (χ2n) is 4.51. The van der Waals surface area contributed by atoms with E-state index in [-0.39, 0.29) is 5.97 Å². The van der Waals surface area contributed by atoms with E-state index in [4.69, 9.17) is 27.9 Å². The summed E-state index contributed by atoms with van der Waals surface area (Å²) < 4.78 is 5.27. The third kappa shape index (κ3) is 4.26. The average Bonchev–Trinajstić information content (AvgIpc) is 2.42. The molecule has 0 aliphatic rings. The van der Waals surface area contributed by atoms with E-state index in [9.17, 15) is 4.79 Å². The van der Waals surface area contributed by atoms with E-state index in [0.717, 1.165) is 11.1 Å². The molecule has 0 aliphatic carbocycles. The van der Waals surface area contributed by atoms with Gasteiger partial charge in [0.05, 0.1) is 0 Å². The number of halogens is 2. The number of aryl methyl sites for hydroxylation is 2. The molecule has 0 unspecified atom stereocenters. The van der Waals surface area contributed by atoms with Crippen molar-refractivity contribution in [3.63, 3.8) is 0 Å². The van der Waals surface area contributed by atoms with Crippen LogP contribution in [0.25, 0.3) is 0 Å². The summed E-state index contributed by atoms with van der Waals surface area (Å²) in [6, 6.07) is 12.6. The highest BCUT2D eigenvalue weighted by Crippen LogP contribution is 2.21. The van der Waals surface area contributed by atoms with Crippen molar-refractivity contribution in [3.05, 3.63) is 63.6 Å². The molecule has 0 aliphatic heterocycles. The minimum absolute atomic E-state index is 0.262. The third-order valence-corrected chi connectivity index (χ3v) is 3.57. The summed E-state index contributed by atoms with van der Waals surface area (Å²) >= 11 is 11.7. The Hall–Kier alpha value is -1.51. The summed E-state index contributed by atoms with van der Waals surface area (Å²) in [4.78, 5) is 11.8. The maximum absolute atomic E-state index is 11.8. The van der Waals surface area contributed by atoms with Crippen molar-refractivity contribution < 1.29 is 9.53 Å². The Morgan fingerprint density at radius 1 is 1.10 bits per heavy atom. The molecule has 2 rings (SSSR count). The number of esters is 1. The van der Waals surface area contributed by atoms with Gasteiger partial charge in [-0.1, -0.05) is 35.3 Å². The summed E-state index contributed by atoms with van der Waals surface area (Å²) in [5.41, 5.74) is 1.94. The molecule has 0 bridgehead atoms. The highest BCUT2D eigenvalue weighted by atomic mass is 35.5. The fourth-order valence-electron chi connectivity index (χ4n) is 1.76. The van der Waals surface area contributed by atoms with Crippen LogP contribution in [-0.2, 0) is 11.2 Å². The van der Waals surface area contributed by atoms with Crippen LogP contribution in [0.5, 0.6) is 5.75 Å². The maximum atomic E-state index is 11.8. The number of rotatable bonds is 4. The van der Waals surface area contributed by atoms with Crippen LogP contribution >= 0.6 is 23.2 Å². The molecule has 0 N–H and O–H groups in total. The second kappa shape index (κ2) is 6.78. The van der Waals surface area contributed by atoms with Crippen LogP contribution in [0.2, 0.25) is 10.0 Å². The Labute approximate surface area is 128 Å². The molecule has 0 spiro atoms. The zero-order valence-corrected chi connectivity index (χ0v) is 12.5. The molecule has 0 atom stereocenters. The molecule has 20 heavy (non-hydrogen) atoms. The van der Waals surface area contributed by atoms with Gasteiger partial charge in [0.2, 0.25) is 0 Å². The van der Waals surface area contributed by atoms with Gasteiger partial charge in [0.15, 0.2) is 0 Å². The first kappa shape index (κ1) is 14.9. The van der Waals surface area contributed by atoms with Crippen molar-refractivity contribution in [2.45, 2.75) is 19.8 Å². The first-order chi connectivity index (χ1) is 9.54. The minimum atomic E-state index is -0.262. The molecular weight excluding hydrogens is 295 g/mol. The molecule has 0 aromatic heterocycles. The van der Waals surface area contributed by atoms with Gasteiger partial charge in [0.1, 0.15) is 5.75 Å². The normalized spacial score (nSPS) is 10.3. The standard InChI is InChI=1S/C16H14Cl2O2/c1-11-10-14(7-8-15(11)18)20-16(19)9-4-12-2-5-13(17)6-3-12/h2-3,5-8,10H,4,9H2,1H3. The first-order valence-corrected chi connectivity index (χ1v) is 7.01. The molecule has 2 aromatic rings. The summed E-state index contributed by atoms with van der Waals surface area (Å²) in [5.74, 6) is 0.259. The number of ether oxygens (including phenoxy) is 1. The van der Waals surface area contributed by atoms with Gasteiger partial charge >= 0.3 is 5.97 Å². The fraction of sp³-hybridized carbons (Fsp3) is 0.188. The molecule has 0 saturated heterocycles. The quantitative estimate of drug-likeness (QED) is 0.596. The van der Waals surface area contributed by atoms with Crippen molar-refractivity contribution in [1.29, 1.82) is 0 Å². The van der Waals surface area contributed by atoms with Crippen molar-refractivity contribution in [1.82, 2.24) is 0 Å². The molecule has 0 heterocycles. The van der Waals surface area contributed by atoms with Crippen LogP contribution in [0, 0.1) is 6.92 Å². The predicted octanol–water partition coefficient (Wildman–Crippen LogP) is 4.84. The lowest BCUT2D eigenvalue weighted by Crippen LogP contribution is -2.09. The van der Waals surface area contributed by atoms with Crippen LogP contribution in [-0.4, -0.2) is 5.97 Å². The van der Waals surface area contributed by atoms with Crippen LogP contribution < -0.4 is 4.74 Å². The lowest BCUT2D eigenvalue weighted by Gasteiger charge is -2.06. The second-order valence-corrected chi connectivity index (χ2v) is 5.36. The Bertz CT molecular complexity index is 606. The van der Waals surface area contributed by atoms with Crippen LogP contribution in [0.1, 0.15) is 17.5 Å². The van der Waals surface area contributed by atoms with Gasteiger partial charge < -0.3 is 4.74 Å². The number of benzene rings is 2. The largest absolute Gasteiger partial charge is 0.427 e. The Kier molecular flexibility index (Phi) is 5.05. The van der Waals surface area contributed by atoms with Gasteiger partial charge in [-0.15, -0.1) is 0 Å². The molecule has 2 aromatic carbocycles. The van der Waals surface area contributed by atoms with E-state index < -0.39 is 0 Å². The number of hydrogen-bond acceptors (Lipinski definition) is 2. The maximum Gasteiger partial charge on any atom is 0.311 e. The molecule has 4 heteroatoms. The summed E-state index contributed by atoms with van der Waals surface area (Å²) in [5, 5.41) is 1.35. The van der Waals surface area contributed by atoms with E-state index in [0.29, 0.717) is 28.6 Å². The first-order valence-electron chi connectivity index (χ1n) is 6.26. The lowest BCUT2D eigenvalue weighted by atomic mass is 10.1. The summed E-state index contributed by atoms with van der Waals surface area (Å²) in [6.07, 6.45) is 0.950. The molecule has 0 fully saturated rings. The van der Waals surface area contributed by atoms with Gasteiger partial charge in [0, 0.05) is 16.5 Å². The van der Waals surface area contributed by atoms with Crippen LogP contribution in [0.3, 0.4) is 0 Å². The van der Waals surface area contributed by atoms with E-state index >= 15 is 0 Å². The predicted molar refractivity (Wildman–Crippen MR) is 81.6 cm³/mol. The number of carbonyl (C=O) groups is 1. The highest BCUT2D eigenvalue weighted by molar-refractivity contribution is 6.31. The molecule has 0 amide bonds. The zero-order valence-electron chi connectivity index (χ0n) is 11.0. The minimum Gasteiger partial charge on any atom is -0.427 e. The van der Waals surface area contributed by atoms with E-state index in [1.807, 2.05) is 31.2 Å². The Morgan fingerprint density at radius 3 is 2.45 bits per heavy atom. The zero-order chi connectivity index (χ0) is 14.5. The molecule has 2 nitrogen and oxygen atoms in total. The van der Waals surface area contributed by atoms with E-state index in [2.05, 4.69) is 0 Å². The SMILES string of the molecule is Cc1cc(OC(=O)CCc2ccc(Cl)cc2)ccc1Cl. The molecule has 104 valence electrons. The molecule has 0 radical (unpaired) electrons. The van der Waals surface area contributed by atoms with Crippen molar-refractivity contribution in [2.24, 2.45) is 0 Å².